The lowest BCUT2D eigenvalue weighted by Crippen LogP contribution is -2.38. The highest BCUT2D eigenvalue weighted by Crippen LogP contribution is 2.23. The number of piperidine rings is 1. The van der Waals surface area contributed by atoms with E-state index in [0.717, 1.165) is 49.1 Å². The van der Waals surface area contributed by atoms with Gasteiger partial charge in [-0.15, -0.1) is 0 Å². The topological polar surface area (TPSA) is 32.3 Å². The molecule has 0 aliphatic carbocycles. The van der Waals surface area contributed by atoms with Crippen LogP contribution >= 0.6 is 15.9 Å². The van der Waals surface area contributed by atoms with Gasteiger partial charge in [-0.25, -0.2) is 4.39 Å². The number of benzene rings is 1. The molecule has 1 aliphatic rings. The zero-order valence-corrected chi connectivity index (χ0v) is 14.0. The predicted molar refractivity (Wildman–Crippen MR) is 85.4 cm³/mol. The fraction of sp³-hybridized carbons (Fsp3) is 0.562. The molecule has 0 radical (unpaired) electrons. The molecule has 1 saturated heterocycles. The Bertz CT molecular complexity index is 487. The quantitative estimate of drug-likeness (QED) is 0.877. The molecule has 0 spiro atoms. The number of carbonyl (C=O) groups excluding carboxylic acids is 1. The molecule has 1 N–H and O–H groups in total. The van der Waals surface area contributed by atoms with E-state index in [0.29, 0.717) is 12.3 Å². The molecule has 1 aliphatic heterocycles. The lowest BCUT2D eigenvalue weighted by atomic mass is 9.96. The third-order valence-electron chi connectivity index (χ3n) is 4.03. The van der Waals surface area contributed by atoms with Crippen molar-refractivity contribution in [1.82, 2.24) is 10.2 Å². The summed E-state index contributed by atoms with van der Waals surface area (Å²) in [6.45, 7) is 5.56. The van der Waals surface area contributed by atoms with Gasteiger partial charge in [0.25, 0.3) is 0 Å². The smallest absolute Gasteiger partial charge is 0.219 e. The summed E-state index contributed by atoms with van der Waals surface area (Å²) in [4.78, 5) is 13.7. The molecule has 2 rings (SSSR count). The Morgan fingerprint density at radius 1 is 1.43 bits per heavy atom. The Balaban J connectivity index is 1.77. The van der Waals surface area contributed by atoms with E-state index in [1.165, 1.54) is 12.1 Å². The zero-order chi connectivity index (χ0) is 15.2. The summed E-state index contributed by atoms with van der Waals surface area (Å²) in [6.07, 6.45) is 2.75. The number of nitrogens with one attached hydrogen (secondary N) is 1. The fourth-order valence-corrected chi connectivity index (χ4v) is 3.10. The highest BCUT2D eigenvalue weighted by atomic mass is 79.9. The van der Waals surface area contributed by atoms with E-state index in [9.17, 15) is 9.18 Å². The molecule has 0 unspecified atom stereocenters. The molecule has 21 heavy (non-hydrogen) atoms. The van der Waals surface area contributed by atoms with Crippen molar-refractivity contribution in [2.45, 2.75) is 32.7 Å². The van der Waals surface area contributed by atoms with E-state index in [2.05, 4.69) is 26.1 Å². The van der Waals surface area contributed by atoms with Crippen LogP contribution < -0.4 is 5.32 Å². The Hall–Kier alpha value is -0.940. The van der Waals surface area contributed by atoms with Gasteiger partial charge in [-0.05, 0) is 49.5 Å². The van der Waals surface area contributed by atoms with Crippen molar-refractivity contribution in [2.75, 3.05) is 19.6 Å². The molecule has 1 fully saturated rings. The first-order chi connectivity index (χ1) is 10.1. The molecule has 5 heteroatoms. The third-order valence-corrected chi connectivity index (χ3v) is 4.76. The fourth-order valence-electron chi connectivity index (χ4n) is 2.62. The van der Waals surface area contributed by atoms with Gasteiger partial charge in [-0.1, -0.05) is 28.9 Å². The highest BCUT2D eigenvalue weighted by Gasteiger charge is 2.20. The van der Waals surface area contributed by atoms with Crippen LogP contribution in [0.25, 0.3) is 0 Å². The summed E-state index contributed by atoms with van der Waals surface area (Å²) in [5.74, 6) is 0.497. The van der Waals surface area contributed by atoms with Crippen molar-refractivity contribution in [1.29, 1.82) is 0 Å². The first-order valence-electron chi connectivity index (χ1n) is 7.51. The Kier molecular flexibility index (Phi) is 6.18. The van der Waals surface area contributed by atoms with Crippen LogP contribution in [0.4, 0.5) is 4.39 Å². The van der Waals surface area contributed by atoms with Gasteiger partial charge in [0, 0.05) is 24.0 Å². The largest absolute Gasteiger partial charge is 0.356 e. The van der Waals surface area contributed by atoms with Crippen molar-refractivity contribution >= 4 is 21.8 Å². The van der Waals surface area contributed by atoms with Crippen molar-refractivity contribution in [3.05, 3.63) is 34.1 Å². The Morgan fingerprint density at radius 3 is 2.76 bits per heavy atom. The molecule has 1 heterocycles. The average molecular weight is 357 g/mol. The number of hydrogen-bond donors (Lipinski definition) is 1. The van der Waals surface area contributed by atoms with Crippen LogP contribution in [0.5, 0.6) is 0 Å². The minimum atomic E-state index is -0.212. The minimum absolute atomic E-state index is 0.132. The lowest BCUT2D eigenvalue weighted by molar-refractivity contribution is -0.121. The van der Waals surface area contributed by atoms with Crippen molar-refractivity contribution in [3.63, 3.8) is 0 Å². The third kappa shape index (κ3) is 5.08. The van der Waals surface area contributed by atoms with Crippen LogP contribution in [0.15, 0.2) is 22.7 Å². The maximum Gasteiger partial charge on any atom is 0.219 e. The van der Waals surface area contributed by atoms with Gasteiger partial charge >= 0.3 is 0 Å². The molecule has 0 bridgehead atoms. The lowest BCUT2D eigenvalue weighted by Gasteiger charge is -2.32. The van der Waals surface area contributed by atoms with Gasteiger partial charge in [0.05, 0.1) is 0 Å². The molecule has 0 aromatic heterocycles. The first-order valence-corrected chi connectivity index (χ1v) is 8.30. The maximum absolute atomic E-state index is 13.1. The Labute approximate surface area is 134 Å². The monoisotopic (exact) mass is 356 g/mol. The van der Waals surface area contributed by atoms with E-state index in [-0.39, 0.29) is 11.7 Å². The van der Waals surface area contributed by atoms with Crippen LogP contribution in [-0.2, 0) is 11.3 Å². The number of rotatable bonds is 5. The summed E-state index contributed by atoms with van der Waals surface area (Å²) < 4.78 is 13.9. The molecule has 1 aromatic rings. The second-order valence-electron chi connectivity index (χ2n) is 5.61. The number of halogens is 2. The SMILES string of the molecule is CCC(=O)NCC1CCN(Cc2ccc(F)cc2Br)CC1. The molecule has 1 amide bonds. The van der Waals surface area contributed by atoms with E-state index in [4.69, 9.17) is 0 Å². The van der Waals surface area contributed by atoms with Crippen LogP contribution in [0.2, 0.25) is 0 Å². The second kappa shape index (κ2) is 7.90. The Morgan fingerprint density at radius 2 is 2.14 bits per heavy atom. The molecular weight excluding hydrogens is 335 g/mol. The average Bonchev–Trinajstić information content (AvgIpc) is 2.49. The highest BCUT2D eigenvalue weighted by molar-refractivity contribution is 9.10. The summed E-state index contributed by atoms with van der Waals surface area (Å²) in [5.41, 5.74) is 1.12. The number of likely N-dealkylation sites (tertiary alicyclic amines) is 1. The second-order valence-corrected chi connectivity index (χ2v) is 6.47. The van der Waals surface area contributed by atoms with Gasteiger partial charge in [-0.3, -0.25) is 9.69 Å². The van der Waals surface area contributed by atoms with Crippen LogP contribution in [-0.4, -0.2) is 30.4 Å². The molecular formula is C16H22BrFN2O. The van der Waals surface area contributed by atoms with Gasteiger partial charge in [0.2, 0.25) is 5.91 Å². The predicted octanol–water partition coefficient (Wildman–Crippen LogP) is 3.33. The number of amides is 1. The van der Waals surface area contributed by atoms with Crippen LogP contribution in [0.3, 0.4) is 0 Å². The van der Waals surface area contributed by atoms with Gasteiger partial charge in [0.1, 0.15) is 5.82 Å². The van der Waals surface area contributed by atoms with Crippen molar-refractivity contribution in [2.24, 2.45) is 5.92 Å². The zero-order valence-electron chi connectivity index (χ0n) is 12.4. The number of hydrogen-bond acceptors (Lipinski definition) is 2. The van der Waals surface area contributed by atoms with E-state index < -0.39 is 0 Å². The summed E-state index contributed by atoms with van der Waals surface area (Å²) in [6, 6.07) is 4.86. The maximum atomic E-state index is 13.1. The molecule has 1 aromatic carbocycles. The normalized spacial score (nSPS) is 16.9. The molecule has 0 atom stereocenters. The summed E-state index contributed by atoms with van der Waals surface area (Å²) in [7, 11) is 0. The number of carbonyl (C=O) groups is 1. The number of nitrogens with zero attached hydrogens (tertiary/aromatic N) is 1. The minimum Gasteiger partial charge on any atom is -0.356 e. The van der Waals surface area contributed by atoms with Crippen LogP contribution in [0, 0.1) is 11.7 Å². The summed E-state index contributed by atoms with van der Waals surface area (Å²) >= 11 is 3.42. The summed E-state index contributed by atoms with van der Waals surface area (Å²) in [5, 5.41) is 2.98. The molecule has 0 saturated carbocycles. The van der Waals surface area contributed by atoms with Crippen molar-refractivity contribution in [3.8, 4) is 0 Å². The van der Waals surface area contributed by atoms with Crippen LogP contribution in [0.1, 0.15) is 31.7 Å². The molecule has 3 nitrogen and oxygen atoms in total. The van der Waals surface area contributed by atoms with Gasteiger partial charge in [-0.2, -0.15) is 0 Å². The van der Waals surface area contributed by atoms with E-state index in [1.54, 1.807) is 0 Å². The van der Waals surface area contributed by atoms with E-state index >= 15 is 0 Å². The van der Waals surface area contributed by atoms with E-state index in [1.807, 2.05) is 13.0 Å². The standard InChI is InChI=1S/C16H22BrFN2O/c1-2-16(21)19-10-12-5-7-20(8-6-12)11-13-3-4-14(18)9-15(13)17/h3-4,9,12H,2,5-8,10-11H2,1H3,(H,19,21). The first kappa shape index (κ1) is 16.4. The molecule has 116 valence electrons. The van der Waals surface area contributed by atoms with Gasteiger partial charge < -0.3 is 5.32 Å². The van der Waals surface area contributed by atoms with Gasteiger partial charge in [0.15, 0.2) is 0 Å². The van der Waals surface area contributed by atoms with Crippen molar-refractivity contribution < 1.29 is 9.18 Å².